The summed E-state index contributed by atoms with van der Waals surface area (Å²) in [5.41, 5.74) is 4.63. The molecule has 0 saturated heterocycles. The van der Waals surface area contributed by atoms with Gasteiger partial charge in [-0.3, -0.25) is 4.90 Å². The van der Waals surface area contributed by atoms with Gasteiger partial charge in [0, 0.05) is 54.5 Å². The zero-order valence-electron chi connectivity index (χ0n) is 14.1. The van der Waals surface area contributed by atoms with Crippen molar-refractivity contribution in [3.05, 3.63) is 58.7 Å². The Morgan fingerprint density at radius 2 is 2.04 bits per heavy atom. The van der Waals surface area contributed by atoms with E-state index in [0.29, 0.717) is 0 Å². The van der Waals surface area contributed by atoms with Gasteiger partial charge in [-0.2, -0.15) is 0 Å². The molecule has 23 heavy (non-hydrogen) atoms. The summed E-state index contributed by atoms with van der Waals surface area (Å²) in [6.07, 6.45) is 8.57. The first-order valence-corrected chi connectivity index (χ1v) is 8.09. The Balaban J connectivity index is 1.77. The highest BCUT2D eigenvalue weighted by Gasteiger charge is 2.23. The lowest BCUT2D eigenvalue weighted by Crippen LogP contribution is -2.32. The molecule has 1 aromatic heterocycles. The van der Waals surface area contributed by atoms with Gasteiger partial charge in [-0.05, 0) is 11.6 Å². The minimum atomic E-state index is -0.00208. The van der Waals surface area contributed by atoms with E-state index >= 15 is 0 Å². The van der Waals surface area contributed by atoms with Gasteiger partial charge in [0.25, 0.3) is 0 Å². The molecular formula is C20H23N3. The van der Waals surface area contributed by atoms with E-state index in [4.69, 9.17) is 11.4 Å². The fourth-order valence-corrected chi connectivity index (χ4v) is 2.91. The van der Waals surface area contributed by atoms with E-state index in [1.165, 1.54) is 16.8 Å². The highest BCUT2D eigenvalue weighted by Crippen LogP contribution is 2.23. The predicted octanol–water partition coefficient (Wildman–Crippen LogP) is 3.31. The summed E-state index contributed by atoms with van der Waals surface area (Å²) in [6.45, 7) is 9.23. The monoisotopic (exact) mass is 305 g/mol. The lowest BCUT2D eigenvalue weighted by molar-refractivity contribution is 0.242. The van der Waals surface area contributed by atoms with Gasteiger partial charge in [0.05, 0.1) is 0 Å². The molecule has 0 aliphatic carbocycles. The van der Waals surface area contributed by atoms with Crippen LogP contribution in [0.3, 0.4) is 0 Å². The van der Waals surface area contributed by atoms with Crippen LogP contribution in [0.15, 0.2) is 30.5 Å². The van der Waals surface area contributed by atoms with Crippen LogP contribution in [0, 0.1) is 12.3 Å². The molecule has 0 atom stereocenters. The first kappa shape index (κ1) is 15.7. The van der Waals surface area contributed by atoms with Crippen LogP contribution in [0.1, 0.15) is 49.0 Å². The fraction of sp³-hybridized carbons (Fsp3) is 0.400. The van der Waals surface area contributed by atoms with E-state index in [-0.39, 0.29) is 5.41 Å². The van der Waals surface area contributed by atoms with Crippen molar-refractivity contribution in [2.75, 3.05) is 6.54 Å². The third kappa shape index (κ3) is 3.43. The van der Waals surface area contributed by atoms with Gasteiger partial charge >= 0.3 is 0 Å². The molecule has 0 spiro atoms. The molecule has 1 aromatic carbocycles. The predicted molar refractivity (Wildman–Crippen MR) is 92.9 cm³/mol. The zero-order chi connectivity index (χ0) is 16.4. The van der Waals surface area contributed by atoms with Gasteiger partial charge in [0.15, 0.2) is 0 Å². The molecule has 0 radical (unpaired) electrons. The number of rotatable bonds is 2. The number of fused-ring (bicyclic) bond motifs is 1. The molecule has 0 fully saturated rings. The van der Waals surface area contributed by atoms with Crippen LogP contribution < -0.4 is 0 Å². The molecule has 3 heteroatoms. The van der Waals surface area contributed by atoms with Crippen molar-refractivity contribution in [1.29, 1.82) is 0 Å². The summed E-state index contributed by atoms with van der Waals surface area (Å²) < 4.78 is 0. The van der Waals surface area contributed by atoms with E-state index in [0.717, 1.165) is 37.4 Å². The zero-order valence-corrected chi connectivity index (χ0v) is 14.1. The van der Waals surface area contributed by atoms with Crippen molar-refractivity contribution in [1.82, 2.24) is 14.9 Å². The quantitative estimate of drug-likeness (QED) is 0.797. The van der Waals surface area contributed by atoms with Gasteiger partial charge in [-0.25, -0.2) is 9.97 Å². The second-order valence-corrected chi connectivity index (χ2v) is 7.18. The van der Waals surface area contributed by atoms with Crippen LogP contribution in [-0.2, 0) is 24.9 Å². The molecule has 0 bridgehead atoms. The first-order valence-electron chi connectivity index (χ1n) is 8.09. The topological polar surface area (TPSA) is 29.0 Å². The number of nitrogens with zero attached hydrogens (tertiary/aromatic N) is 3. The highest BCUT2D eigenvalue weighted by molar-refractivity contribution is 5.39. The molecule has 1 aliphatic rings. The molecule has 118 valence electrons. The highest BCUT2D eigenvalue weighted by atomic mass is 15.1. The maximum Gasteiger partial charge on any atom is 0.133 e. The van der Waals surface area contributed by atoms with E-state index in [9.17, 15) is 0 Å². The molecule has 3 nitrogen and oxygen atoms in total. The smallest absolute Gasteiger partial charge is 0.133 e. The summed E-state index contributed by atoms with van der Waals surface area (Å²) in [5, 5.41) is 0. The molecule has 0 saturated carbocycles. The van der Waals surface area contributed by atoms with E-state index in [1.807, 2.05) is 24.4 Å². The van der Waals surface area contributed by atoms with Crippen molar-refractivity contribution in [3.63, 3.8) is 0 Å². The molecule has 0 unspecified atom stereocenters. The number of terminal acetylenes is 1. The molecule has 2 aromatic rings. The summed E-state index contributed by atoms with van der Waals surface area (Å²) in [5.74, 6) is 3.71. The Hall–Kier alpha value is -2.18. The molecule has 2 heterocycles. The van der Waals surface area contributed by atoms with Crippen LogP contribution in [0.25, 0.3) is 0 Å². The maximum absolute atomic E-state index is 5.60. The minimum absolute atomic E-state index is 0.00208. The van der Waals surface area contributed by atoms with Crippen LogP contribution in [-0.4, -0.2) is 21.4 Å². The Morgan fingerprint density at radius 1 is 1.26 bits per heavy atom. The lowest BCUT2D eigenvalue weighted by atomic mass is 9.95. The molecule has 0 amide bonds. The van der Waals surface area contributed by atoms with E-state index in [2.05, 4.69) is 42.6 Å². The Morgan fingerprint density at radius 3 is 2.78 bits per heavy atom. The van der Waals surface area contributed by atoms with Crippen molar-refractivity contribution < 1.29 is 0 Å². The molecule has 0 N–H and O–H groups in total. The van der Waals surface area contributed by atoms with Crippen molar-refractivity contribution >= 4 is 0 Å². The van der Waals surface area contributed by atoms with E-state index < -0.39 is 0 Å². The standard InChI is InChI=1S/C20H23N3/c1-5-15-8-6-7-9-16(15)13-23-11-10-18-17(14-23)12-21-19(22-18)20(2,3)4/h1,6-9,12H,10-11,13-14H2,2-4H3. The van der Waals surface area contributed by atoms with Crippen LogP contribution in [0.2, 0.25) is 0 Å². The average Bonchev–Trinajstić information content (AvgIpc) is 2.54. The number of benzene rings is 1. The Labute approximate surface area is 138 Å². The Kier molecular flexibility index (Phi) is 4.19. The van der Waals surface area contributed by atoms with Crippen molar-refractivity contribution in [3.8, 4) is 12.3 Å². The van der Waals surface area contributed by atoms with Gasteiger partial charge in [-0.1, -0.05) is 44.9 Å². The van der Waals surface area contributed by atoms with Gasteiger partial charge in [-0.15, -0.1) is 6.42 Å². The van der Waals surface area contributed by atoms with Crippen molar-refractivity contribution in [2.45, 2.75) is 45.7 Å². The molecular weight excluding hydrogens is 282 g/mol. The first-order chi connectivity index (χ1) is 11.0. The lowest BCUT2D eigenvalue weighted by Gasteiger charge is -2.29. The summed E-state index contributed by atoms with van der Waals surface area (Å²) >= 11 is 0. The van der Waals surface area contributed by atoms with Crippen LogP contribution in [0.4, 0.5) is 0 Å². The second-order valence-electron chi connectivity index (χ2n) is 7.18. The summed E-state index contributed by atoms with van der Waals surface area (Å²) in [4.78, 5) is 11.8. The van der Waals surface area contributed by atoms with Crippen LogP contribution >= 0.6 is 0 Å². The summed E-state index contributed by atoms with van der Waals surface area (Å²) in [7, 11) is 0. The van der Waals surface area contributed by atoms with Gasteiger partial charge < -0.3 is 0 Å². The molecule has 3 rings (SSSR count). The maximum atomic E-state index is 5.60. The number of aromatic nitrogens is 2. The fourth-order valence-electron chi connectivity index (χ4n) is 2.91. The van der Waals surface area contributed by atoms with Crippen molar-refractivity contribution in [2.24, 2.45) is 0 Å². The van der Waals surface area contributed by atoms with Crippen LogP contribution in [0.5, 0.6) is 0 Å². The average molecular weight is 305 g/mol. The third-order valence-electron chi connectivity index (χ3n) is 4.25. The largest absolute Gasteiger partial charge is 0.294 e. The minimum Gasteiger partial charge on any atom is -0.294 e. The summed E-state index contributed by atoms with van der Waals surface area (Å²) in [6, 6.07) is 8.16. The second kappa shape index (κ2) is 6.14. The third-order valence-corrected chi connectivity index (χ3v) is 4.25. The van der Waals surface area contributed by atoms with Gasteiger partial charge in [0.1, 0.15) is 5.82 Å². The Bertz CT molecular complexity index is 750. The molecule has 1 aliphatic heterocycles. The number of hydrogen-bond acceptors (Lipinski definition) is 3. The number of hydrogen-bond donors (Lipinski definition) is 0. The SMILES string of the molecule is C#Cc1ccccc1CN1CCc2nc(C(C)(C)C)ncc2C1. The van der Waals surface area contributed by atoms with Gasteiger partial charge in [0.2, 0.25) is 0 Å². The van der Waals surface area contributed by atoms with E-state index in [1.54, 1.807) is 0 Å². The normalized spacial score (nSPS) is 15.0.